The third-order valence-corrected chi connectivity index (χ3v) is 5.72. The lowest BCUT2D eigenvalue weighted by Gasteiger charge is -2.31. The van der Waals surface area contributed by atoms with Gasteiger partial charge in [0, 0.05) is 25.1 Å². The molecule has 2 heterocycles. The van der Waals surface area contributed by atoms with E-state index in [2.05, 4.69) is 5.32 Å². The van der Waals surface area contributed by atoms with Crippen molar-refractivity contribution in [3.8, 4) is 17.2 Å². The predicted octanol–water partition coefficient (Wildman–Crippen LogP) is 5.59. The number of ether oxygens (including phenoxy) is 2. The van der Waals surface area contributed by atoms with Crippen molar-refractivity contribution in [2.24, 2.45) is 5.92 Å². The molecule has 10 heteroatoms. The molecule has 0 spiro atoms. The van der Waals surface area contributed by atoms with Crippen LogP contribution < -0.4 is 14.8 Å². The first-order valence-corrected chi connectivity index (χ1v) is 10.9. The van der Waals surface area contributed by atoms with Gasteiger partial charge < -0.3 is 24.1 Å². The lowest BCUT2D eigenvalue weighted by Crippen LogP contribution is -2.41. The van der Waals surface area contributed by atoms with Crippen molar-refractivity contribution >= 4 is 17.5 Å². The highest BCUT2D eigenvalue weighted by Gasteiger charge is 2.33. The number of alkyl halides is 3. The summed E-state index contributed by atoms with van der Waals surface area (Å²) in [7, 11) is 1.48. The molecule has 184 valence electrons. The van der Waals surface area contributed by atoms with Crippen LogP contribution in [-0.2, 0) is 11.0 Å². The Morgan fingerprint density at radius 3 is 2.43 bits per heavy atom. The summed E-state index contributed by atoms with van der Waals surface area (Å²) in [6.07, 6.45) is -2.45. The van der Waals surface area contributed by atoms with Gasteiger partial charge in [0.15, 0.2) is 11.5 Å². The Hall–Kier alpha value is -3.95. The van der Waals surface area contributed by atoms with Crippen LogP contribution in [0.1, 0.15) is 29.0 Å². The van der Waals surface area contributed by atoms with Gasteiger partial charge in [0.05, 0.1) is 24.6 Å². The van der Waals surface area contributed by atoms with Crippen LogP contribution >= 0.6 is 0 Å². The molecule has 1 aliphatic rings. The van der Waals surface area contributed by atoms with Crippen molar-refractivity contribution in [1.29, 1.82) is 0 Å². The van der Waals surface area contributed by atoms with Crippen molar-refractivity contribution in [2.45, 2.75) is 19.0 Å². The molecule has 1 fully saturated rings. The molecule has 2 amide bonds. The molecule has 3 aromatic rings. The van der Waals surface area contributed by atoms with E-state index in [9.17, 15) is 22.8 Å². The number of methoxy groups -OCH3 is 1. The van der Waals surface area contributed by atoms with Crippen LogP contribution in [0.3, 0.4) is 0 Å². The van der Waals surface area contributed by atoms with Gasteiger partial charge in [0.1, 0.15) is 11.5 Å². The quantitative estimate of drug-likeness (QED) is 0.489. The third kappa shape index (κ3) is 5.76. The fraction of sp³-hybridized carbons (Fsp3) is 0.280. The highest BCUT2D eigenvalue weighted by Crippen LogP contribution is 2.38. The number of halogens is 3. The van der Waals surface area contributed by atoms with E-state index >= 15 is 0 Å². The molecule has 1 aromatic heterocycles. The van der Waals surface area contributed by atoms with Gasteiger partial charge in [-0.1, -0.05) is 6.07 Å². The maximum Gasteiger partial charge on any atom is 0.416 e. The number of carbonyl (C=O) groups is 2. The van der Waals surface area contributed by atoms with Crippen molar-refractivity contribution < 1.29 is 36.7 Å². The van der Waals surface area contributed by atoms with Crippen molar-refractivity contribution in [3.05, 3.63) is 72.2 Å². The zero-order valence-electron chi connectivity index (χ0n) is 18.8. The number of furan rings is 1. The molecule has 0 unspecified atom stereocenters. The second-order valence-corrected chi connectivity index (χ2v) is 8.02. The summed E-state index contributed by atoms with van der Waals surface area (Å²) in [5.41, 5.74) is -1.01. The van der Waals surface area contributed by atoms with Gasteiger partial charge >= 0.3 is 6.18 Å². The average Bonchev–Trinajstić information content (AvgIpc) is 3.39. The summed E-state index contributed by atoms with van der Waals surface area (Å²) < 4.78 is 56.1. The fourth-order valence-electron chi connectivity index (χ4n) is 3.82. The van der Waals surface area contributed by atoms with Gasteiger partial charge in [-0.2, -0.15) is 13.2 Å². The largest absolute Gasteiger partial charge is 0.497 e. The molecule has 2 aromatic carbocycles. The van der Waals surface area contributed by atoms with Crippen LogP contribution in [0.4, 0.5) is 18.9 Å². The summed E-state index contributed by atoms with van der Waals surface area (Å²) in [5, 5.41) is 2.60. The molecular formula is C25H23F3N2O5. The van der Waals surface area contributed by atoms with Crippen LogP contribution in [0.25, 0.3) is 0 Å². The summed E-state index contributed by atoms with van der Waals surface area (Å²) in [4.78, 5) is 27.0. The Kier molecular flexibility index (Phi) is 6.99. The molecule has 0 radical (unpaired) electrons. The minimum Gasteiger partial charge on any atom is -0.497 e. The minimum atomic E-state index is -4.59. The number of nitrogens with one attached hydrogen (secondary N) is 1. The van der Waals surface area contributed by atoms with Crippen LogP contribution in [-0.4, -0.2) is 36.9 Å². The molecule has 1 saturated heterocycles. The second kappa shape index (κ2) is 10.1. The van der Waals surface area contributed by atoms with Gasteiger partial charge in [-0.05, 0) is 55.3 Å². The summed E-state index contributed by atoms with van der Waals surface area (Å²) in [5.74, 6) is -0.0538. The first-order valence-electron chi connectivity index (χ1n) is 10.9. The molecule has 1 N–H and O–H groups in total. The smallest absolute Gasteiger partial charge is 0.416 e. The topological polar surface area (TPSA) is 81.0 Å². The number of nitrogens with zero attached hydrogens (tertiary/aromatic N) is 1. The number of likely N-dealkylation sites (tertiary alicyclic amines) is 1. The number of rotatable bonds is 6. The number of benzene rings is 2. The zero-order valence-corrected chi connectivity index (χ0v) is 18.8. The van der Waals surface area contributed by atoms with E-state index in [1.54, 1.807) is 41.3 Å². The summed E-state index contributed by atoms with van der Waals surface area (Å²) >= 11 is 0. The van der Waals surface area contributed by atoms with Crippen LogP contribution in [0, 0.1) is 5.92 Å². The molecule has 0 atom stereocenters. The van der Waals surface area contributed by atoms with Crippen molar-refractivity contribution in [2.75, 3.05) is 25.5 Å². The van der Waals surface area contributed by atoms with E-state index in [0.717, 1.165) is 12.1 Å². The molecule has 0 saturated carbocycles. The maximum atomic E-state index is 13.3. The maximum absolute atomic E-state index is 13.3. The molecular weight excluding hydrogens is 465 g/mol. The standard InChI is InChI=1S/C25H23F3N2O5/c1-33-18-4-2-5-19(15-18)35-21-8-7-17(25(26,27)28)14-20(21)29-23(31)16-9-11-30(12-10-16)24(32)22-6-3-13-34-22/h2-8,13-16H,9-12H2,1H3,(H,29,31). The highest BCUT2D eigenvalue weighted by molar-refractivity contribution is 5.95. The van der Waals surface area contributed by atoms with Crippen LogP contribution in [0.5, 0.6) is 17.2 Å². The number of carbonyl (C=O) groups excluding carboxylic acids is 2. The summed E-state index contributed by atoms with van der Waals surface area (Å²) in [6, 6.07) is 12.7. The number of amides is 2. The van der Waals surface area contributed by atoms with Gasteiger partial charge in [0.25, 0.3) is 5.91 Å². The molecule has 1 aliphatic heterocycles. The fourth-order valence-corrected chi connectivity index (χ4v) is 3.82. The normalized spacial score (nSPS) is 14.5. The number of hydrogen-bond donors (Lipinski definition) is 1. The van der Waals surface area contributed by atoms with E-state index in [4.69, 9.17) is 13.9 Å². The SMILES string of the molecule is COc1cccc(Oc2ccc(C(F)(F)F)cc2NC(=O)C2CCN(C(=O)c3ccco3)CC2)c1. The molecule has 7 nitrogen and oxygen atoms in total. The Bertz CT molecular complexity index is 1190. The van der Waals surface area contributed by atoms with Crippen molar-refractivity contribution in [3.63, 3.8) is 0 Å². The Morgan fingerprint density at radius 2 is 1.77 bits per heavy atom. The van der Waals surface area contributed by atoms with Crippen LogP contribution in [0.2, 0.25) is 0 Å². The predicted molar refractivity (Wildman–Crippen MR) is 120 cm³/mol. The van der Waals surface area contributed by atoms with Crippen LogP contribution in [0.15, 0.2) is 65.3 Å². The van der Waals surface area contributed by atoms with E-state index in [-0.39, 0.29) is 23.1 Å². The van der Waals surface area contributed by atoms with Gasteiger partial charge in [-0.25, -0.2) is 0 Å². The van der Waals surface area contributed by atoms with Gasteiger partial charge in [-0.15, -0.1) is 0 Å². The van der Waals surface area contributed by atoms with E-state index < -0.39 is 23.6 Å². The third-order valence-electron chi connectivity index (χ3n) is 5.72. The summed E-state index contributed by atoms with van der Waals surface area (Å²) in [6.45, 7) is 0.654. The molecule has 35 heavy (non-hydrogen) atoms. The second-order valence-electron chi connectivity index (χ2n) is 8.02. The zero-order chi connectivity index (χ0) is 25.0. The number of hydrogen-bond acceptors (Lipinski definition) is 5. The Balaban J connectivity index is 1.48. The van der Waals surface area contributed by atoms with Gasteiger partial charge in [-0.3, -0.25) is 9.59 Å². The lowest BCUT2D eigenvalue weighted by molar-refractivity contribution is -0.137. The lowest BCUT2D eigenvalue weighted by atomic mass is 9.95. The molecule has 4 rings (SSSR count). The number of anilines is 1. The highest BCUT2D eigenvalue weighted by atomic mass is 19.4. The van der Waals surface area contributed by atoms with E-state index in [1.807, 2.05) is 0 Å². The molecule has 0 aliphatic carbocycles. The van der Waals surface area contributed by atoms with E-state index in [0.29, 0.717) is 37.4 Å². The first kappa shape index (κ1) is 24.2. The van der Waals surface area contributed by atoms with Crippen molar-refractivity contribution in [1.82, 2.24) is 4.90 Å². The van der Waals surface area contributed by atoms with Gasteiger partial charge in [0.2, 0.25) is 5.91 Å². The monoisotopic (exact) mass is 488 g/mol. The average molecular weight is 488 g/mol. The van der Waals surface area contributed by atoms with E-state index in [1.165, 1.54) is 19.4 Å². The Morgan fingerprint density at radius 1 is 1.03 bits per heavy atom. The first-order chi connectivity index (χ1) is 16.7. The Labute approximate surface area is 199 Å². The minimum absolute atomic E-state index is 0.0602. The molecule has 0 bridgehead atoms. The number of piperidine rings is 1.